The Labute approximate surface area is 212 Å². The number of nitrogens with one attached hydrogen (secondary N) is 1. The van der Waals surface area contributed by atoms with Gasteiger partial charge in [-0.05, 0) is 73.7 Å². The molecular weight excluding hydrogens is 452 g/mol. The number of aromatic amines is 1. The van der Waals surface area contributed by atoms with Crippen LogP contribution in [0.1, 0.15) is 69.1 Å². The van der Waals surface area contributed by atoms with E-state index < -0.39 is 0 Å². The van der Waals surface area contributed by atoms with Crippen LogP contribution in [0.25, 0.3) is 10.9 Å². The minimum atomic E-state index is -0.236. The first-order valence-corrected chi connectivity index (χ1v) is 12.5. The van der Waals surface area contributed by atoms with Gasteiger partial charge in [0.25, 0.3) is 5.56 Å². The SMILES string of the molecule is CCC(c1nnnn1C(C)(C)CC)N(Cc1ccccc1OC)Cc1cc2cc(C)ccc2[nH]c1=O. The lowest BCUT2D eigenvalue weighted by molar-refractivity contribution is 0.149. The summed E-state index contributed by atoms with van der Waals surface area (Å²) in [7, 11) is 1.68. The molecular formula is C28H36N6O2. The van der Waals surface area contributed by atoms with Crippen LogP contribution in [-0.4, -0.2) is 37.2 Å². The summed E-state index contributed by atoms with van der Waals surface area (Å²) in [6.45, 7) is 11.6. The molecule has 0 aliphatic carbocycles. The van der Waals surface area contributed by atoms with Crippen molar-refractivity contribution in [1.29, 1.82) is 0 Å². The largest absolute Gasteiger partial charge is 0.496 e. The maximum atomic E-state index is 13.1. The van der Waals surface area contributed by atoms with Crippen molar-refractivity contribution >= 4 is 10.9 Å². The standard InChI is InChI=1S/C28H36N6O2/c1-7-24(26-30-31-32-34(26)28(4,5)8-2)33(17-20-11-9-10-12-25(20)36-6)18-22-16-21-15-19(3)13-14-23(21)29-27(22)35/h9-16,24H,7-8,17-18H2,1-6H3,(H,29,35). The maximum absolute atomic E-state index is 13.1. The second-order valence-corrected chi connectivity index (χ2v) is 9.97. The number of hydrogen-bond donors (Lipinski definition) is 1. The number of H-pyrrole nitrogens is 1. The number of ether oxygens (including phenoxy) is 1. The van der Waals surface area contributed by atoms with Gasteiger partial charge in [0.15, 0.2) is 5.82 Å². The highest BCUT2D eigenvalue weighted by molar-refractivity contribution is 5.79. The molecule has 4 rings (SSSR count). The molecule has 0 bridgehead atoms. The van der Waals surface area contributed by atoms with E-state index in [4.69, 9.17) is 4.74 Å². The van der Waals surface area contributed by atoms with Gasteiger partial charge in [-0.25, -0.2) is 4.68 Å². The first kappa shape index (κ1) is 25.6. The minimum absolute atomic E-state index is 0.0836. The molecule has 1 unspecified atom stereocenters. The van der Waals surface area contributed by atoms with Gasteiger partial charge in [-0.1, -0.05) is 43.7 Å². The van der Waals surface area contributed by atoms with Gasteiger partial charge < -0.3 is 9.72 Å². The quantitative estimate of drug-likeness (QED) is 0.333. The van der Waals surface area contributed by atoms with Crippen LogP contribution in [0.15, 0.2) is 53.3 Å². The summed E-state index contributed by atoms with van der Waals surface area (Å²) < 4.78 is 7.59. The van der Waals surface area contributed by atoms with Crippen LogP contribution in [0.3, 0.4) is 0 Å². The van der Waals surface area contributed by atoms with Crippen molar-refractivity contribution in [3.63, 3.8) is 0 Å². The number of methoxy groups -OCH3 is 1. The monoisotopic (exact) mass is 488 g/mol. The summed E-state index contributed by atoms with van der Waals surface area (Å²) in [6, 6.07) is 16.0. The van der Waals surface area contributed by atoms with E-state index >= 15 is 0 Å². The topological polar surface area (TPSA) is 88.9 Å². The third-order valence-electron chi connectivity index (χ3n) is 7.07. The highest BCUT2D eigenvalue weighted by Crippen LogP contribution is 2.31. The Bertz CT molecular complexity index is 1390. The number of pyridine rings is 1. The third-order valence-corrected chi connectivity index (χ3v) is 7.07. The Kier molecular flexibility index (Phi) is 7.54. The average molecular weight is 489 g/mol. The Balaban J connectivity index is 1.81. The van der Waals surface area contributed by atoms with Gasteiger partial charge in [0.2, 0.25) is 0 Å². The number of aromatic nitrogens is 5. The lowest BCUT2D eigenvalue weighted by Gasteiger charge is -2.33. The molecule has 1 N–H and O–H groups in total. The summed E-state index contributed by atoms with van der Waals surface area (Å²) in [4.78, 5) is 18.5. The number of nitrogens with zero attached hydrogens (tertiary/aromatic N) is 5. The van der Waals surface area contributed by atoms with E-state index in [1.807, 2.05) is 41.1 Å². The second-order valence-electron chi connectivity index (χ2n) is 9.97. The van der Waals surface area contributed by atoms with Crippen LogP contribution < -0.4 is 10.3 Å². The number of aryl methyl sites for hydroxylation is 1. The molecule has 36 heavy (non-hydrogen) atoms. The highest BCUT2D eigenvalue weighted by atomic mass is 16.5. The summed E-state index contributed by atoms with van der Waals surface area (Å²) >= 11 is 0. The van der Waals surface area contributed by atoms with Crippen LogP contribution in [0.4, 0.5) is 0 Å². The molecule has 0 saturated carbocycles. The van der Waals surface area contributed by atoms with E-state index in [9.17, 15) is 4.79 Å². The Morgan fingerprint density at radius 3 is 2.56 bits per heavy atom. The van der Waals surface area contributed by atoms with E-state index in [0.29, 0.717) is 18.7 Å². The molecule has 8 nitrogen and oxygen atoms in total. The molecule has 0 aliphatic heterocycles. The first-order chi connectivity index (χ1) is 17.3. The van der Waals surface area contributed by atoms with Crippen molar-refractivity contribution in [3.8, 4) is 5.75 Å². The normalized spacial score (nSPS) is 12.9. The van der Waals surface area contributed by atoms with Gasteiger partial charge in [-0.15, -0.1) is 5.10 Å². The number of rotatable bonds is 10. The number of para-hydroxylation sites is 1. The molecule has 2 aromatic heterocycles. The predicted octanol–water partition coefficient (Wildman–Crippen LogP) is 5.13. The van der Waals surface area contributed by atoms with E-state index in [1.165, 1.54) is 0 Å². The molecule has 4 aromatic rings. The second kappa shape index (κ2) is 10.6. The molecule has 2 heterocycles. The Morgan fingerprint density at radius 1 is 1.08 bits per heavy atom. The summed E-state index contributed by atoms with van der Waals surface area (Å²) in [5, 5.41) is 13.9. The Morgan fingerprint density at radius 2 is 1.83 bits per heavy atom. The number of tetrazole rings is 1. The zero-order chi connectivity index (χ0) is 25.9. The fourth-order valence-corrected chi connectivity index (χ4v) is 4.62. The van der Waals surface area contributed by atoms with Crippen molar-refractivity contribution in [2.24, 2.45) is 0 Å². The van der Waals surface area contributed by atoms with E-state index in [-0.39, 0.29) is 17.1 Å². The van der Waals surface area contributed by atoms with Crippen LogP contribution in [0.2, 0.25) is 0 Å². The summed E-state index contributed by atoms with van der Waals surface area (Å²) in [5.41, 5.74) is 3.42. The van der Waals surface area contributed by atoms with Crippen LogP contribution in [0.5, 0.6) is 5.75 Å². The lowest BCUT2D eigenvalue weighted by atomic mass is 10.0. The maximum Gasteiger partial charge on any atom is 0.252 e. The summed E-state index contributed by atoms with van der Waals surface area (Å²) in [5.74, 6) is 1.61. The van der Waals surface area contributed by atoms with Crippen molar-refractivity contribution in [3.05, 3.63) is 81.4 Å². The molecule has 190 valence electrons. The van der Waals surface area contributed by atoms with E-state index in [1.54, 1.807) is 7.11 Å². The van der Waals surface area contributed by atoms with Gasteiger partial charge >= 0.3 is 0 Å². The van der Waals surface area contributed by atoms with Crippen molar-refractivity contribution in [2.75, 3.05) is 7.11 Å². The molecule has 0 fully saturated rings. The number of fused-ring (bicyclic) bond motifs is 1. The average Bonchev–Trinajstić information content (AvgIpc) is 3.36. The van der Waals surface area contributed by atoms with Crippen LogP contribution >= 0.6 is 0 Å². The number of hydrogen-bond acceptors (Lipinski definition) is 6. The minimum Gasteiger partial charge on any atom is -0.496 e. The fourth-order valence-electron chi connectivity index (χ4n) is 4.62. The zero-order valence-electron chi connectivity index (χ0n) is 22.1. The smallest absolute Gasteiger partial charge is 0.252 e. The van der Waals surface area contributed by atoms with Gasteiger partial charge in [-0.3, -0.25) is 9.69 Å². The van der Waals surface area contributed by atoms with Gasteiger partial charge in [-0.2, -0.15) is 0 Å². The number of benzene rings is 2. The molecule has 0 amide bonds. The van der Waals surface area contributed by atoms with Crippen LogP contribution in [-0.2, 0) is 18.6 Å². The lowest BCUT2D eigenvalue weighted by Crippen LogP contribution is -2.36. The molecule has 0 saturated heterocycles. The molecule has 0 aliphatic rings. The molecule has 0 spiro atoms. The van der Waals surface area contributed by atoms with Crippen molar-refractivity contribution in [1.82, 2.24) is 30.1 Å². The Hall–Kier alpha value is -3.52. The van der Waals surface area contributed by atoms with Crippen molar-refractivity contribution in [2.45, 2.75) is 72.1 Å². The van der Waals surface area contributed by atoms with Crippen molar-refractivity contribution < 1.29 is 4.74 Å². The van der Waals surface area contributed by atoms with Gasteiger partial charge in [0.1, 0.15) is 5.75 Å². The molecule has 0 radical (unpaired) electrons. The van der Waals surface area contributed by atoms with Gasteiger partial charge in [0, 0.05) is 29.7 Å². The zero-order valence-corrected chi connectivity index (χ0v) is 22.1. The summed E-state index contributed by atoms with van der Waals surface area (Å²) in [6.07, 6.45) is 1.66. The fraction of sp³-hybridized carbons (Fsp3) is 0.429. The molecule has 8 heteroatoms. The highest BCUT2D eigenvalue weighted by Gasteiger charge is 2.31. The predicted molar refractivity (Wildman–Crippen MR) is 142 cm³/mol. The van der Waals surface area contributed by atoms with Gasteiger partial charge in [0.05, 0.1) is 18.7 Å². The van der Waals surface area contributed by atoms with Crippen LogP contribution in [0, 0.1) is 6.92 Å². The molecule has 2 aromatic carbocycles. The van der Waals surface area contributed by atoms with E-state index in [2.05, 4.69) is 72.2 Å². The first-order valence-electron chi connectivity index (χ1n) is 12.5. The van der Waals surface area contributed by atoms with E-state index in [0.717, 1.165) is 46.4 Å². The molecule has 1 atom stereocenters. The third kappa shape index (κ3) is 5.18.